The standard InChI is InChI=1S/C12H17ClN2O/c1-3-4-8-16-11-7-5-6-10(12(11)13)15-9-14-2/h5-7,9H,3-4,8H2,1-2H3,(H,14,15). The quantitative estimate of drug-likeness (QED) is 0.470. The van der Waals surface area contributed by atoms with Gasteiger partial charge in [0.15, 0.2) is 0 Å². The summed E-state index contributed by atoms with van der Waals surface area (Å²) in [6, 6.07) is 5.59. The van der Waals surface area contributed by atoms with Crippen molar-refractivity contribution in [1.82, 2.24) is 5.32 Å². The molecule has 0 unspecified atom stereocenters. The van der Waals surface area contributed by atoms with Crippen LogP contribution in [0.3, 0.4) is 0 Å². The minimum Gasteiger partial charge on any atom is -0.492 e. The fraction of sp³-hybridized carbons (Fsp3) is 0.417. The molecule has 1 N–H and O–H groups in total. The highest BCUT2D eigenvalue weighted by atomic mass is 35.5. The first kappa shape index (κ1) is 12.8. The zero-order chi connectivity index (χ0) is 11.8. The number of benzene rings is 1. The van der Waals surface area contributed by atoms with Gasteiger partial charge in [0.2, 0.25) is 0 Å². The summed E-state index contributed by atoms with van der Waals surface area (Å²) in [4.78, 5) is 4.17. The average molecular weight is 241 g/mol. The molecular formula is C12H17ClN2O. The number of unbranched alkanes of at least 4 members (excludes halogenated alkanes) is 1. The van der Waals surface area contributed by atoms with E-state index in [0.717, 1.165) is 12.8 Å². The molecule has 0 amide bonds. The van der Waals surface area contributed by atoms with Gasteiger partial charge in [0.25, 0.3) is 0 Å². The van der Waals surface area contributed by atoms with Gasteiger partial charge in [0.05, 0.1) is 18.6 Å². The first-order valence-corrected chi connectivity index (χ1v) is 5.78. The van der Waals surface area contributed by atoms with Crippen LogP contribution in [0.15, 0.2) is 23.2 Å². The van der Waals surface area contributed by atoms with Crippen LogP contribution >= 0.6 is 11.6 Å². The van der Waals surface area contributed by atoms with E-state index in [4.69, 9.17) is 16.3 Å². The van der Waals surface area contributed by atoms with Gasteiger partial charge in [0, 0.05) is 7.05 Å². The lowest BCUT2D eigenvalue weighted by atomic mass is 10.3. The van der Waals surface area contributed by atoms with Crippen molar-refractivity contribution in [3.8, 4) is 5.75 Å². The van der Waals surface area contributed by atoms with Gasteiger partial charge >= 0.3 is 0 Å². The first-order valence-electron chi connectivity index (χ1n) is 5.40. The second kappa shape index (κ2) is 7.12. The largest absolute Gasteiger partial charge is 0.492 e. The Balaban J connectivity index is 2.74. The molecule has 1 rings (SSSR count). The van der Waals surface area contributed by atoms with Crippen LogP contribution in [-0.4, -0.2) is 20.0 Å². The lowest BCUT2D eigenvalue weighted by molar-refractivity contribution is 0.309. The number of halogens is 1. The van der Waals surface area contributed by atoms with Crippen LogP contribution in [0.1, 0.15) is 19.8 Å². The third-order valence-corrected chi connectivity index (χ3v) is 2.41. The van der Waals surface area contributed by atoms with E-state index in [2.05, 4.69) is 17.2 Å². The summed E-state index contributed by atoms with van der Waals surface area (Å²) in [5.74, 6) is 0.695. The van der Waals surface area contributed by atoms with Crippen LogP contribution in [0.4, 0.5) is 5.69 Å². The molecule has 0 radical (unpaired) electrons. The number of nitrogens with zero attached hydrogens (tertiary/aromatic N) is 1. The second-order valence-electron chi connectivity index (χ2n) is 3.34. The summed E-state index contributed by atoms with van der Waals surface area (Å²) < 4.78 is 5.57. The van der Waals surface area contributed by atoms with Crippen molar-refractivity contribution in [2.45, 2.75) is 19.8 Å². The topological polar surface area (TPSA) is 33.6 Å². The lowest BCUT2D eigenvalue weighted by Gasteiger charge is -2.08. The summed E-state index contributed by atoms with van der Waals surface area (Å²) in [7, 11) is 1.79. The summed E-state index contributed by atoms with van der Waals surface area (Å²) in [6.07, 6.45) is 3.73. The number of ether oxygens (including phenoxy) is 1. The Hall–Kier alpha value is -1.22. The molecule has 0 aliphatic heterocycles. The van der Waals surface area contributed by atoms with Gasteiger partial charge in [-0.05, 0) is 18.6 Å². The van der Waals surface area contributed by atoms with Gasteiger partial charge < -0.3 is 10.1 Å². The Morgan fingerprint density at radius 3 is 3.00 bits per heavy atom. The Labute approximate surface area is 101 Å². The molecule has 0 atom stereocenters. The van der Waals surface area contributed by atoms with Crippen LogP contribution in [0.2, 0.25) is 5.02 Å². The Bertz CT molecular complexity index is 353. The molecule has 0 aromatic heterocycles. The second-order valence-corrected chi connectivity index (χ2v) is 3.72. The molecule has 4 heteroatoms. The highest BCUT2D eigenvalue weighted by Crippen LogP contribution is 2.33. The third kappa shape index (κ3) is 3.74. The van der Waals surface area contributed by atoms with Crippen molar-refractivity contribution in [3.63, 3.8) is 0 Å². The zero-order valence-corrected chi connectivity index (χ0v) is 10.4. The predicted octanol–water partition coefficient (Wildman–Crippen LogP) is 3.40. The maximum Gasteiger partial charge on any atom is 0.140 e. The molecule has 0 bridgehead atoms. The van der Waals surface area contributed by atoms with E-state index < -0.39 is 0 Å². The summed E-state index contributed by atoms with van der Waals surface area (Å²) in [5, 5.41) is 3.38. The molecule has 0 spiro atoms. The molecule has 3 nitrogen and oxygen atoms in total. The van der Waals surface area contributed by atoms with Gasteiger partial charge in [-0.15, -0.1) is 0 Å². The molecule has 0 saturated carbocycles. The minimum atomic E-state index is 0.560. The van der Waals surface area contributed by atoms with E-state index in [-0.39, 0.29) is 0 Å². The number of rotatable bonds is 6. The summed E-state index contributed by atoms with van der Waals surface area (Å²) in [5.41, 5.74) is 0.713. The smallest absolute Gasteiger partial charge is 0.140 e. The fourth-order valence-corrected chi connectivity index (χ4v) is 1.40. The molecule has 88 valence electrons. The maximum atomic E-state index is 6.16. The third-order valence-electron chi connectivity index (χ3n) is 2.03. The molecule has 1 aromatic carbocycles. The minimum absolute atomic E-state index is 0.560. The van der Waals surface area contributed by atoms with Crippen LogP contribution < -0.4 is 10.1 Å². The van der Waals surface area contributed by atoms with Crippen molar-refractivity contribution < 1.29 is 4.74 Å². The van der Waals surface area contributed by atoms with Gasteiger partial charge in [-0.2, -0.15) is 0 Å². The monoisotopic (exact) mass is 240 g/mol. The molecule has 0 saturated heterocycles. The molecule has 1 aromatic rings. The molecule has 0 fully saturated rings. The maximum absolute atomic E-state index is 6.16. The van der Waals surface area contributed by atoms with Gasteiger partial charge in [0.1, 0.15) is 10.8 Å². The van der Waals surface area contributed by atoms with Crippen molar-refractivity contribution in [3.05, 3.63) is 23.2 Å². The van der Waals surface area contributed by atoms with E-state index in [9.17, 15) is 0 Å². The first-order chi connectivity index (χ1) is 7.79. The summed E-state index contributed by atoms with van der Waals surface area (Å²) >= 11 is 6.16. The van der Waals surface area contributed by atoms with Crippen LogP contribution in [-0.2, 0) is 0 Å². The van der Waals surface area contributed by atoms with Gasteiger partial charge in [-0.3, -0.25) is 0 Å². The molecular weight excluding hydrogens is 224 g/mol. The van der Waals surface area contributed by atoms with Crippen molar-refractivity contribution in [2.75, 3.05) is 13.7 Å². The molecule has 16 heavy (non-hydrogen) atoms. The van der Waals surface area contributed by atoms with E-state index in [1.54, 1.807) is 13.4 Å². The molecule has 0 heterocycles. The van der Waals surface area contributed by atoms with Crippen molar-refractivity contribution >= 4 is 23.6 Å². The summed E-state index contributed by atoms with van der Waals surface area (Å²) in [6.45, 7) is 2.81. The Kier molecular flexibility index (Phi) is 5.72. The SMILES string of the molecule is CCCCOc1cccc(N=CNC)c1Cl. The van der Waals surface area contributed by atoms with Crippen molar-refractivity contribution in [1.29, 1.82) is 0 Å². The van der Waals surface area contributed by atoms with Crippen LogP contribution in [0.25, 0.3) is 0 Å². The highest BCUT2D eigenvalue weighted by molar-refractivity contribution is 6.34. The predicted molar refractivity (Wildman–Crippen MR) is 69.1 cm³/mol. The number of nitrogens with one attached hydrogen (secondary N) is 1. The van der Waals surface area contributed by atoms with E-state index in [1.807, 2.05) is 18.2 Å². The normalized spacial score (nSPS) is 10.7. The lowest BCUT2D eigenvalue weighted by Crippen LogP contribution is -2.00. The number of hydrogen-bond donors (Lipinski definition) is 1. The highest BCUT2D eigenvalue weighted by Gasteiger charge is 2.05. The van der Waals surface area contributed by atoms with Crippen LogP contribution in [0.5, 0.6) is 5.75 Å². The van der Waals surface area contributed by atoms with Gasteiger partial charge in [-0.25, -0.2) is 4.99 Å². The van der Waals surface area contributed by atoms with E-state index in [0.29, 0.717) is 23.1 Å². The van der Waals surface area contributed by atoms with E-state index >= 15 is 0 Å². The number of hydrogen-bond acceptors (Lipinski definition) is 2. The van der Waals surface area contributed by atoms with E-state index in [1.165, 1.54) is 0 Å². The average Bonchev–Trinajstić information content (AvgIpc) is 2.30. The molecule has 0 aliphatic rings. The fourth-order valence-electron chi connectivity index (χ4n) is 1.17. The zero-order valence-electron chi connectivity index (χ0n) is 9.66. The molecule has 0 aliphatic carbocycles. The number of aliphatic imine (C=N–C) groups is 1. The van der Waals surface area contributed by atoms with Gasteiger partial charge in [-0.1, -0.05) is 31.0 Å². The van der Waals surface area contributed by atoms with Crippen molar-refractivity contribution in [2.24, 2.45) is 4.99 Å². The Morgan fingerprint density at radius 1 is 1.50 bits per heavy atom. The Morgan fingerprint density at radius 2 is 2.31 bits per heavy atom. The van der Waals surface area contributed by atoms with Crippen LogP contribution in [0, 0.1) is 0 Å².